The first-order valence-electron chi connectivity index (χ1n) is 9.35. The topological polar surface area (TPSA) is 79.1 Å². The van der Waals surface area contributed by atoms with Gasteiger partial charge in [-0.1, -0.05) is 6.07 Å². The summed E-state index contributed by atoms with van der Waals surface area (Å²) in [4.78, 5) is 22.4. The molecule has 6 nitrogen and oxygen atoms in total. The van der Waals surface area contributed by atoms with Gasteiger partial charge in [-0.05, 0) is 38.3 Å². The third kappa shape index (κ3) is 3.11. The van der Waals surface area contributed by atoms with Gasteiger partial charge in [0, 0.05) is 18.0 Å². The first-order chi connectivity index (χ1) is 13.8. The van der Waals surface area contributed by atoms with Crippen LogP contribution in [0.1, 0.15) is 43.5 Å². The molecule has 3 aliphatic rings. The summed E-state index contributed by atoms with van der Waals surface area (Å²) in [6.07, 6.45) is 4.79. The van der Waals surface area contributed by atoms with E-state index in [1.165, 1.54) is 35.5 Å². The summed E-state index contributed by atoms with van der Waals surface area (Å²) in [5.74, 6) is -1.05. The number of ether oxygens (including phenoxy) is 1. The highest BCUT2D eigenvalue weighted by Crippen LogP contribution is 2.73. The molecule has 2 aromatic rings. The van der Waals surface area contributed by atoms with E-state index in [0.717, 1.165) is 0 Å². The summed E-state index contributed by atoms with van der Waals surface area (Å²) >= 11 is 0. The number of nitriles is 1. The summed E-state index contributed by atoms with van der Waals surface area (Å²) in [6, 6.07) is 4.91. The average Bonchev–Trinajstić information content (AvgIpc) is 2.65. The maximum atomic E-state index is 14.1. The molecule has 1 amide bonds. The number of aromatic nitrogens is 2. The Morgan fingerprint density at radius 2 is 1.93 bits per heavy atom. The number of rotatable bonds is 6. The molecule has 0 N–H and O–H groups in total. The number of benzene rings is 1. The summed E-state index contributed by atoms with van der Waals surface area (Å²) in [7, 11) is 1.59. The van der Waals surface area contributed by atoms with Gasteiger partial charge in [-0.3, -0.25) is 4.79 Å². The molecule has 150 valence electrons. The Labute approximate surface area is 167 Å². The van der Waals surface area contributed by atoms with Gasteiger partial charge in [0.2, 0.25) is 11.8 Å². The lowest BCUT2D eigenvalue weighted by Gasteiger charge is -2.69. The summed E-state index contributed by atoms with van der Waals surface area (Å²) < 4.78 is 33.8. The second-order valence-corrected chi connectivity index (χ2v) is 8.18. The Hall–Kier alpha value is -3.08. The number of carbonyl (C=O) groups is 1. The third-order valence-corrected chi connectivity index (χ3v) is 6.18. The van der Waals surface area contributed by atoms with E-state index in [1.54, 1.807) is 14.0 Å². The molecule has 8 heteroatoms. The molecule has 1 aromatic carbocycles. The van der Waals surface area contributed by atoms with E-state index >= 15 is 0 Å². The Morgan fingerprint density at radius 1 is 1.28 bits per heavy atom. The minimum Gasteiger partial charge on any atom is -0.476 e. The molecule has 29 heavy (non-hydrogen) atoms. The Morgan fingerprint density at radius 3 is 2.48 bits per heavy atom. The van der Waals surface area contributed by atoms with Crippen molar-refractivity contribution in [2.75, 3.05) is 13.7 Å². The lowest BCUT2D eigenvalue weighted by Crippen LogP contribution is -2.69. The van der Waals surface area contributed by atoms with Crippen LogP contribution in [0.15, 0.2) is 30.6 Å². The van der Waals surface area contributed by atoms with Crippen molar-refractivity contribution in [3.63, 3.8) is 0 Å². The standard InChI is InChI=1S/C21H20F2N4O2/c1-13(18-15(22)4-3-5-16(18)23)27(2)19(28)21-9-20(10-21,11-21)12-29-17-8-25-14(6-24)7-26-17/h3-5,7-8,13H,9-12H2,1-2H3/t13-,20?,21?/m0/s1. The molecule has 5 rings (SSSR count). The minimum atomic E-state index is -0.696. The molecule has 3 fully saturated rings. The van der Waals surface area contributed by atoms with Crippen molar-refractivity contribution in [1.82, 2.24) is 14.9 Å². The number of amides is 1. The van der Waals surface area contributed by atoms with Crippen LogP contribution in [0.2, 0.25) is 0 Å². The van der Waals surface area contributed by atoms with Crippen molar-refractivity contribution in [3.8, 4) is 11.9 Å². The molecule has 1 heterocycles. The molecular formula is C21H20F2N4O2. The van der Waals surface area contributed by atoms with Crippen molar-refractivity contribution in [2.45, 2.75) is 32.2 Å². The normalized spacial score (nSPS) is 25.2. The summed E-state index contributed by atoms with van der Waals surface area (Å²) in [6.45, 7) is 2.05. The van der Waals surface area contributed by atoms with Gasteiger partial charge >= 0.3 is 0 Å². The van der Waals surface area contributed by atoms with Crippen LogP contribution in [0.25, 0.3) is 0 Å². The smallest absolute Gasteiger partial charge is 0.232 e. The molecule has 0 spiro atoms. The van der Waals surface area contributed by atoms with E-state index in [1.807, 2.05) is 6.07 Å². The van der Waals surface area contributed by atoms with Gasteiger partial charge in [0.1, 0.15) is 17.7 Å². The molecule has 3 aliphatic carbocycles. The highest BCUT2D eigenvalue weighted by atomic mass is 19.1. The van der Waals surface area contributed by atoms with Gasteiger partial charge in [-0.2, -0.15) is 5.26 Å². The summed E-state index contributed by atoms with van der Waals surface area (Å²) in [5, 5.41) is 8.74. The van der Waals surface area contributed by atoms with E-state index in [9.17, 15) is 13.6 Å². The van der Waals surface area contributed by atoms with Gasteiger partial charge in [0.05, 0.1) is 30.5 Å². The molecule has 1 atom stereocenters. The largest absolute Gasteiger partial charge is 0.476 e. The first kappa shape index (κ1) is 19.2. The summed E-state index contributed by atoms with van der Waals surface area (Å²) in [5.41, 5.74) is -0.411. The molecule has 0 unspecified atom stereocenters. The fourth-order valence-corrected chi connectivity index (χ4v) is 4.71. The Bertz CT molecular complexity index is 963. The lowest BCUT2D eigenvalue weighted by atomic mass is 9.35. The van der Waals surface area contributed by atoms with Gasteiger partial charge < -0.3 is 9.64 Å². The molecule has 3 saturated carbocycles. The molecule has 0 aliphatic heterocycles. The Kier molecular flexibility index (Phi) is 4.49. The molecule has 0 saturated heterocycles. The second kappa shape index (κ2) is 6.76. The average molecular weight is 398 g/mol. The van der Waals surface area contributed by atoms with Crippen molar-refractivity contribution >= 4 is 5.91 Å². The fourth-order valence-electron chi connectivity index (χ4n) is 4.71. The van der Waals surface area contributed by atoms with Gasteiger partial charge in [0.25, 0.3) is 0 Å². The highest BCUT2D eigenvalue weighted by Gasteiger charge is 2.72. The third-order valence-electron chi connectivity index (χ3n) is 6.18. The van der Waals surface area contributed by atoms with E-state index in [2.05, 4.69) is 9.97 Å². The fraction of sp³-hybridized carbons (Fsp3) is 0.429. The molecule has 2 bridgehead atoms. The zero-order valence-electron chi connectivity index (χ0n) is 16.2. The number of carbonyl (C=O) groups excluding carboxylic acids is 1. The van der Waals surface area contributed by atoms with Crippen LogP contribution < -0.4 is 4.74 Å². The van der Waals surface area contributed by atoms with E-state index in [4.69, 9.17) is 10.00 Å². The van der Waals surface area contributed by atoms with Crippen LogP contribution in [0.5, 0.6) is 5.88 Å². The van der Waals surface area contributed by atoms with Crippen molar-refractivity contribution in [3.05, 3.63) is 53.5 Å². The predicted octanol–water partition coefficient (Wildman–Crippen LogP) is 3.40. The molecule has 1 aromatic heterocycles. The number of nitrogens with zero attached hydrogens (tertiary/aromatic N) is 4. The zero-order valence-corrected chi connectivity index (χ0v) is 16.2. The van der Waals surface area contributed by atoms with Crippen molar-refractivity contribution in [1.29, 1.82) is 5.26 Å². The minimum absolute atomic E-state index is 0.0709. The van der Waals surface area contributed by atoms with Crippen molar-refractivity contribution in [2.24, 2.45) is 10.8 Å². The van der Waals surface area contributed by atoms with Crippen LogP contribution in [0, 0.1) is 33.8 Å². The zero-order chi connectivity index (χ0) is 20.8. The number of hydrogen-bond donors (Lipinski definition) is 0. The van der Waals surface area contributed by atoms with Gasteiger partial charge in [-0.25, -0.2) is 18.7 Å². The maximum Gasteiger partial charge on any atom is 0.232 e. The first-order valence-corrected chi connectivity index (χ1v) is 9.35. The van der Waals surface area contributed by atoms with Crippen molar-refractivity contribution < 1.29 is 18.3 Å². The van der Waals surface area contributed by atoms with E-state index in [0.29, 0.717) is 31.7 Å². The van der Waals surface area contributed by atoms with Crippen LogP contribution in [0.3, 0.4) is 0 Å². The predicted molar refractivity (Wildman–Crippen MR) is 98.5 cm³/mol. The number of hydrogen-bond acceptors (Lipinski definition) is 5. The van der Waals surface area contributed by atoms with Gasteiger partial charge in [0.15, 0.2) is 5.69 Å². The van der Waals surface area contributed by atoms with E-state index in [-0.39, 0.29) is 22.6 Å². The molecule has 0 radical (unpaired) electrons. The SMILES string of the molecule is C[C@@H](c1c(F)cccc1F)N(C)C(=O)C12CC(COc3cnc(C#N)cn3)(C1)C2. The van der Waals surface area contributed by atoms with Crippen LogP contribution >= 0.6 is 0 Å². The highest BCUT2D eigenvalue weighted by molar-refractivity contribution is 5.86. The maximum absolute atomic E-state index is 14.1. The quantitative estimate of drug-likeness (QED) is 0.745. The monoisotopic (exact) mass is 398 g/mol. The van der Waals surface area contributed by atoms with Gasteiger partial charge in [-0.15, -0.1) is 0 Å². The number of halogens is 2. The van der Waals surface area contributed by atoms with Crippen LogP contribution in [-0.4, -0.2) is 34.4 Å². The lowest BCUT2D eigenvalue weighted by molar-refractivity contribution is -0.226. The second-order valence-electron chi connectivity index (χ2n) is 8.18. The molecular weight excluding hydrogens is 378 g/mol. The van der Waals surface area contributed by atoms with E-state index < -0.39 is 23.1 Å². The van der Waals surface area contributed by atoms with Crippen LogP contribution in [-0.2, 0) is 4.79 Å². The van der Waals surface area contributed by atoms with Crippen LogP contribution in [0.4, 0.5) is 8.78 Å². The Balaban J connectivity index is 1.35.